The summed E-state index contributed by atoms with van der Waals surface area (Å²) >= 11 is 0.798. The van der Waals surface area contributed by atoms with E-state index in [1.807, 2.05) is 0 Å². The average Bonchev–Trinajstić information content (AvgIpc) is 3.63. The van der Waals surface area contributed by atoms with Crippen LogP contribution >= 0.6 is 11.8 Å². The molecular formula is C34H38F2O9S. The lowest BCUT2D eigenvalue weighted by Crippen LogP contribution is -2.70. The number of thioether (sulfide) groups is 1. The van der Waals surface area contributed by atoms with Gasteiger partial charge < -0.3 is 23.7 Å². The molecule has 0 amide bonds. The minimum absolute atomic E-state index is 0.00302. The molecule has 9 nitrogen and oxygen atoms in total. The zero-order valence-corrected chi connectivity index (χ0v) is 27.0. The Morgan fingerprint density at radius 1 is 1.20 bits per heavy atom. The quantitative estimate of drug-likeness (QED) is 0.313. The van der Waals surface area contributed by atoms with Crippen molar-refractivity contribution < 1.29 is 51.7 Å². The van der Waals surface area contributed by atoms with Gasteiger partial charge in [-0.05, 0) is 68.9 Å². The molecule has 3 saturated carbocycles. The fourth-order valence-corrected chi connectivity index (χ4v) is 9.46. The Hall–Kier alpha value is -3.27. The maximum absolute atomic E-state index is 17.7. The van der Waals surface area contributed by atoms with Crippen LogP contribution in [-0.2, 0) is 28.6 Å². The Morgan fingerprint density at radius 3 is 2.65 bits per heavy atom. The van der Waals surface area contributed by atoms with Crippen LogP contribution in [0.3, 0.4) is 0 Å². The topological polar surface area (TPSA) is 129 Å². The van der Waals surface area contributed by atoms with Gasteiger partial charge in [0.2, 0.25) is 10.9 Å². The Labute approximate surface area is 270 Å². The molecule has 0 unspecified atom stereocenters. The molecule has 0 spiro atoms. The van der Waals surface area contributed by atoms with E-state index in [-0.39, 0.29) is 49.6 Å². The fraction of sp³-hybridized carbons (Fsp3) is 0.588. The predicted octanol–water partition coefficient (Wildman–Crippen LogP) is 4.58. The van der Waals surface area contributed by atoms with Crippen LogP contribution in [0, 0.1) is 40.4 Å². The smallest absolute Gasteiger partial charge is 0.375 e. The largest absolute Gasteiger partial charge is 0.457 e. The third kappa shape index (κ3) is 5.24. The molecule has 5 rings (SSSR count). The number of fused-ring (bicyclic) bond motifs is 5. The van der Waals surface area contributed by atoms with Gasteiger partial charge in [-0.15, -0.1) is 0 Å². The van der Waals surface area contributed by atoms with E-state index in [1.165, 1.54) is 37.5 Å². The number of hydrogen-bond donors (Lipinski definition) is 1. The Morgan fingerprint density at radius 2 is 1.96 bits per heavy atom. The standard InChI is InChI=1S/C34H38F2O9S/c1-5-42-19-28(39)44-12-6-7-14-46-30(41)34(45-29(40)26-9-8-13-43-26)20(2)15-22-23-17-25(35)24-16-21(37)10-11-31(24,3)33(23,36)27(38)18-32(22,34)4/h8-11,13,16,20,22-23,25,27,38H,5,12,14-15,17-19H2,1-4H3/t20-,22+,23+,25+,27+,31+,32+,33+,34+/m1/s1. The zero-order valence-electron chi connectivity index (χ0n) is 26.2. The van der Waals surface area contributed by atoms with E-state index in [1.54, 1.807) is 20.8 Å². The van der Waals surface area contributed by atoms with Gasteiger partial charge in [-0.2, -0.15) is 0 Å². The summed E-state index contributed by atoms with van der Waals surface area (Å²) in [6.07, 6.45) is 1.27. The molecule has 0 aliphatic heterocycles. The first-order chi connectivity index (χ1) is 21.8. The summed E-state index contributed by atoms with van der Waals surface area (Å²) in [4.78, 5) is 51.5. The molecule has 0 bridgehead atoms. The third-order valence-corrected chi connectivity index (χ3v) is 11.4. The maximum Gasteiger partial charge on any atom is 0.375 e. The first kappa shape index (κ1) is 34.1. The first-order valence-electron chi connectivity index (χ1n) is 15.4. The van der Waals surface area contributed by atoms with E-state index < -0.39 is 75.0 Å². The van der Waals surface area contributed by atoms with Crippen LogP contribution in [0.25, 0.3) is 0 Å². The van der Waals surface area contributed by atoms with Crippen LogP contribution in [0.1, 0.15) is 57.5 Å². The number of allylic oxidation sites excluding steroid dienone is 4. The minimum atomic E-state index is -2.36. The second-order valence-corrected chi connectivity index (χ2v) is 13.8. The lowest BCUT2D eigenvalue weighted by atomic mass is 9.44. The van der Waals surface area contributed by atoms with Crippen molar-refractivity contribution in [1.82, 2.24) is 0 Å². The fourth-order valence-electron chi connectivity index (χ4n) is 8.46. The lowest BCUT2D eigenvalue weighted by Gasteiger charge is -2.63. The summed E-state index contributed by atoms with van der Waals surface area (Å²) in [6, 6.07) is 2.90. The molecule has 0 aromatic carbocycles. The summed E-state index contributed by atoms with van der Waals surface area (Å²) in [7, 11) is 0. The molecule has 1 aromatic rings. The highest BCUT2D eigenvalue weighted by Crippen LogP contribution is 2.72. The highest BCUT2D eigenvalue weighted by molar-refractivity contribution is 8.14. The van der Waals surface area contributed by atoms with Gasteiger partial charge in [0.15, 0.2) is 23.7 Å². The zero-order chi connectivity index (χ0) is 33.5. The highest BCUT2D eigenvalue weighted by atomic mass is 32.2. The first-order valence-corrected chi connectivity index (χ1v) is 16.3. The average molecular weight is 661 g/mol. The third-order valence-electron chi connectivity index (χ3n) is 10.6. The molecule has 0 radical (unpaired) electrons. The van der Waals surface area contributed by atoms with Gasteiger partial charge in [0.25, 0.3) is 0 Å². The molecule has 4 aliphatic carbocycles. The van der Waals surface area contributed by atoms with E-state index in [2.05, 4.69) is 11.8 Å². The van der Waals surface area contributed by atoms with Crippen molar-refractivity contribution in [2.75, 3.05) is 25.6 Å². The van der Waals surface area contributed by atoms with Crippen molar-refractivity contribution >= 4 is 34.6 Å². The number of hydrogen-bond acceptors (Lipinski definition) is 10. The molecule has 3 fully saturated rings. The summed E-state index contributed by atoms with van der Waals surface area (Å²) in [6.45, 7) is 6.63. The summed E-state index contributed by atoms with van der Waals surface area (Å²) in [5.74, 6) is 0.946. The number of alkyl halides is 2. The van der Waals surface area contributed by atoms with Gasteiger partial charge >= 0.3 is 11.9 Å². The Bertz CT molecular complexity index is 1510. The number of esters is 2. The molecule has 4 aliphatic rings. The van der Waals surface area contributed by atoms with E-state index in [0.29, 0.717) is 6.61 Å². The van der Waals surface area contributed by atoms with Crippen LogP contribution in [-0.4, -0.2) is 77.1 Å². The van der Waals surface area contributed by atoms with Crippen molar-refractivity contribution in [3.8, 4) is 11.8 Å². The maximum atomic E-state index is 17.7. The van der Waals surface area contributed by atoms with Gasteiger partial charge in [-0.1, -0.05) is 43.5 Å². The van der Waals surface area contributed by atoms with Crippen molar-refractivity contribution in [2.45, 2.75) is 70.5 Å². The van der Waals surface area contributed by atoms with Crippen LogP contribution in [0.2, 0.25) is 0 Å². The number of carbonyl (C=O) groups is 4. The Kier molecular flexibility index (Phi) is 9.43. The molecule has 248 valence electrons. The van der Waals surface area contributed by atoms with E-state index in [4.69, 9.17) is 18.6 Å². The van der Waals surface area contributed by atoms with Crippen LogP contribution < -0.4 is 0 Å². The monoisotopic (exact) mass is 660 g/mol. The van der Waals surface area contributed by atoms with E-state index in [0.717, 1.165) is 17.8 Å². The van der Waals surface area contributed by atoms with Crippen molar-refractivity contribution in [3.63, 3.8) is 0 Å². The molecule has 1 N–H and O–H groups in total. The number of halogens is 2. The summed E-state index contributed by atoms with van der Waals surface area (Å²) in [5.41, 5.74) is -7.13. The van der Waals surface area contributed by atoms with Crippen LogP contribution in [0.5, 0.6) is 0 Å². The van der Waals surface area contributed by atoms with E-state index >= 15 is 8.78 Å². The van der Waals surface area contributed by atoms with Crippen molar-refractivity contribution in [2.24, 2.45) is 28.6 Å². The molecular weight excluding hydrogens is 622 g/mol. The van der Waals surface area contributed by atoms with Crippen molar-refractivity contribution in [3.05, 3.63) is 48.0 Å². The van der Waals surface area contributed by atoms with Gasteiger partial charge in [-0.3, -0.25) is 9.59 Å². The number of aliphatic hydroxyl groups is 1. The van der Waals surface area contributed by atoms with Crippen molar-refractivity contribution in [1.29, 1.82) is 0 Å². The second-order valence-electron chi connectivity index (χ2n) is 12.8. The molecule has 1 aromatic heterocycles. The molecule has 1 heterocycles. The van der Waals surface area contributed by atoms with Crippen LogP contribution in [0.15, 0.2) is 46.6 Å². The van der Waals surface area contributed by atoms with Gasteiger partial charge in [0.05, 0.1) is 18.1 Å². The molecule has 0 saturated heterocycles. The number of rotatable bonds is 8. The number of carbonyl (C=O) groups excluding carboxylic acids is 4. The Balaban J connectivity index is 1.47. The van der Waals surface area contributed by atoms with Crippen LogP contribution in [0.4, 0.5) is 8.78 Å². The number of aliphatic hydroxyl groups excluding tert-OH is 1. The number of ketones is 1. The normalized spacial score (nSPS) is 37.6. The lowest BCUT2D eigenvalue weighted by molar-refractivity contribution is -0.221. The van der Waals surface area contributed by atoms with Gasteiger partial charge in [0, 0.05) is 29.3 Å². The predicted molar refractivity (Wildman–Crippen MR) is 163 cm³/mol. The molecule has 9 atom stereocenters. The SMILES string of the molecule is CCOCC(=O)OCC#CCSC(=O)[C@@]1(OC(=O)c2ccco2)[C@H](C)C[C@H]2[C@@H]3C[C@H](F)C4=CC(=O)C=C[C@]4(C)[C@@]3(F)[C@@H](O)C[C@@]21C. The molecule has 12 heteroatoms. The minimum Gasteiger partial charge on any atom is -0.457 e. The van der Waals surface area contributed by atoms with Gasteiger partial charge in [0.1, 0.15) is 12.8 Å². The second kappa shape index (κ2) is 12.7. The van der Waals surface area contributed by atoms with Gasteiger partial charge in [-0.25, -0.2) is 18.4 Å². The number of ether oxygens (including phenoxy) is 3. The summed E-state index contributed by atoms with van der Waals surface area (Å²) < 4.78 is 54.9. The molecule has 46 heavy (non-hydrogen) atoms. The number of furan rings is 1. The van der Waals surface area contributed by atoms with E-state index in [9.17, 15) is 24.3 Å². The highest BCUT2D eigenvalue weighted by Gasteiger charge is 2.78. The summed E-state index contributed by atoms with van der Waals surface area (Å²) in [5, 5.41) is 11.2.